The number of carbonyl (C=O) groups is 1. The lowest BCUT2D eigenvalue weighted by molar-refractivity contribution is -0.131. The number of halogens is 1. The molecule has 0 atom stereocenters. The molecule has 6 nitrogen and oxygen atoms in total. The van der Waals surface area contributed by atoms with Gasteiger partial charge in [0, 0.05) is 24.7 Å². The molecule has 1 saturated heterocycles. The highest BCUT2D eigenvalue weighted by Crippen LogP contribution is 2.18. The smallest absolute Gasteiger partial charge is 0.238 e. The normalized spacial score (nSPS) is 16.3. The maximum Gasteiger partial charge on any atom is 0.238 e. The van der Waals surface area contributed by atoms with Crippen LogP contribution in [0.5, 0.6) is 0 Å². The number of piperidine rings is 1. The summed E-state index contributed by atoms with van der Waals surface area (Å²) < 4.78 is 30.3. The Bertz CT molecular complexity index is 641. The van der Waals surface area contributed by atoms with Crippen LogP contribution in [-0.2, 0) is 19.4 Å². The summed E-state index contributed by atoms with van der Waals surface area (Å²) in [6.45, 7) is 2.25. The summed E-state index contributed by atoms with van der Waals surface area (Å²) in [5.41, 5.74) is 5.42. The molecule has 0 aliphatic carbocycles. The summed E-state index contributed by atoms with van der Waals surface area (Å²) in [7, 11) is -3.65. The molecule has 2 rings (SSSR count). The van der Waals surface area contributed by atoms with Crippen molar-refractivity contribution in [2.24, 2.45) is 5.73 Å². The molecular formula is C16H23ClN2O4S. The van der Waals surface area contributed by atoms with E-state index in [9.17, 15) is 13.2 Å². The highest BCUT2D eigenvalue weighted by molar-refractivity contribution is 7.92. The third-order valence-electron chi connectivity index (χ3n) is 3.98. The van der Waals surface area contributed by atoms with Gasteiger partial charge in [0.25, 0.3) is 0 Å². The summed E-state index contributed by atoms with van der Waals surface area (Å²) in [6, 6.07) is 5.84. The lowest BCUT2D eigenvalue weighted by Gasteiger charge is -2.32. The van der Waals surface area contributed by atoms with E-state index >= 15 is 0 Å². The number of nitrogens with zero attached hydrogens (tertiary/aromatic N) is 1. The Morgan fingerprint density at radius 3 is 2.46 bits per heavy atom. The fourth-order valence-corrected chi connectivity index (χ4v) is 3.94. The summed E-state index contributed by atoms with van der Waals surface area (Å²) in [6.07, 6.45) is 2.38. The molecule has 1 heterocycles. The van der Waals surface area contributed by atoms with Gasteiger partial charge in [-0.3, -0.25) is 4.79 Å². The van der Waals surface area contributed by atoms with Gasteiger partial charge in [-0.15, -0.1) is 0 Å². The maximum atomic E-state index is 12.3. The van der Waals surface area contributed by atoms with Crippen LogP contribution in [0.3, 0.4) is 0 Å². The van der Waals surface area contributed by atoms with Gasteiger partial charge < -0.3 is 15.4 Å². The average molecular weight is 375 g/mol. The number of sulfone groups is 1. The average Bonchev–Trinajstić information content (AvgIpc) is 2.55. The van der Waals surface area contributed by atoms with Gasteiger partial charge >= 0.3 is 0 Å². The molecule has 2 N–H and O–H groups in total. The third-order valence-corrected chi connectivity index (χ3v) is 5.85. The SMILES string of the molecule is NCCCOC1CCN(C(=O)CS(=O)(=O)c2ccc(Cl)cc2)CC1. The molecule has 1 amide bonds. The van der Waals surface area contributed by atoms with Crippen molar-refractivity contribution in [2.75, 3.05) is 32.0 Å². The number of benzene rings is 1. The van der Waals surface area contributed by atoms with E-state index in [0.717, 1.165) is 19.3 Å². The molecular weight excluding hydrogens is 352 g/mol. The number of carbonyl (C=O) groups excluding carboxylic acids is 1. The van der Waals surface area contributed by atoms with Crippen molar-refractivity contribution in [3.05, 3.63) is 29.3 Å². The lowest BCUT2D eigenvalue weighted by atomic mass is 10.1. The van der Waals surface area contributed by atoms with Gasteiger partial charge in [-0.1, -0.05) is 11.6 Å². The van der Waals surface area contributed by atoms with Crippen molar-refractivity contribution in [1.29, 1.82) is 0 Å². The molecule has 24 heavy (non-hydrogen) atoms. The number of hydrogen-bond acceptors (Lipinski definition) is 5. The number of amides is 1. The number of likely N-dealkylation sites (tertiary alicyclic amines) is 1. The first-order chi connectivity index (χ1) is 11.4. The van der Waals surface area contributed by atoms with Gasteiger partial charge in [0.15, 0.2) is 9.84 Å². The highest BCUT2D eigenvalue weighted by Gasteiger charge is 2.27. The number of nitrogens with two attached hydrogens (primary N) is 1. The van der Waals surface area contributed by atoms with Crippen molar-refractivity contribution in [2.45, 2.75) is 30.3 Å². The van der Waals surface area contributed by atoms with Crippen molar-refractivity contribution in [3.63, 3.8) is 0 Å². The zero-order valence-electron chi connectivity index (χ0n) is 13.5. The quantitative estimate of drug-likeness (QED) is 0.730. The second-order valence-corrected chi connectivity index (χ2v) is 8.23. The van der Waals surface area contributed by atoms with Gasteiger partial charge in [0.1, 0.15) is 5.75 Å². The molecule has 134 valence electrons. The molecule has 0 unspecified atom stereocenters. The van der Waals surface area contributed by atoms with E-state index in [1.807, 2.05) is 0 Å². The Hall–Kier alpha value is -1.15. The van der Waals surface area contributed by atoms with Gasteiger partial charge in [0.2, 0.25) is 5.91 Å². The van der Waals surface area contributed by atoms with Crippen LogP contribution >= 0.6 is 11.6 Å². The second kappa shape index (κ2) is 8.80. The standard InChI is InChI=1S/C16H23ClN2O4S/c17-13-2-4-15(5-3-13)24(21,22)12-16(20)19-9-6-14(7-10-19)23-11-1-8-18/h2-5,14H,1,6-12,18H2. The van der Waals surface area contributed by atoms with Crippen LogP contribution in [0.25, 0.3) is 0 Å². The lowest BCUT2D eigenvalue weighted by Crippen LogP contribution is -2.43. The Morgan fingerprint density at radius 1 is 1.25 bits per heavy atom. The fourth-order valence-electron chi connectivity index (χ4n) is 2.58. The van der Waals surface area contributed by atoms with Gasteiger partial charge in [-0.05, 0) is 50.1 Å². The van der Waals surface area contributed by atoms with Crippen molar-refractivity contribution in [1.82, 2.24) is 4.90 Å². The van der Waals surface area contributed by atoms with E-state index < -0.39 is 15.6 Å². The zero-order chi connectivity index (χ0) is 17.6. The highest BCUT2D eigenvalue weighted by atomic mass is 35.5. The van der Waals surface area contributed by atoms with E-state index in [4.69, 9.17) is 22.1 Å². The number of ether oxygens (including phenoxy) is 1. The molecule has 8 heteroatoms. The first-order valence-corrected chi connectivity index (χ1v) is 10.0. The first-order valence-electron chi connectivity index (χ1n) is 8.00. The summed E-state index contributed by atoms with van der Waals surface area (Å²) in [5, 5.41) is 0.456. The minimum absolute atomic E-state index is 0.111. The van der Waals surface area contributed by atoms with E-state index in [0.29, 0.717) is 31.3 Å². The molecule has 1 fully saturated rings. The molecule has 1 aromatic carbocycles. The van der Waals surface area contributed by atoms with Crippen LogP contribution in [0.2, 0.25) is 5.02 Å². The Morgan fingerprint density at radius 2 is 1.88 bits per heavy atom. The fraction of sp³-hybridized carbons (Fsp3) is 0.562. The van der Waals surface area contributed by atoms with E-state index in [2.05, 4.69) is 0 Å². The molecule has 1 aliphatic heterocycles. The predicted octanol–water partition coefficient (Wildman–Crippen LogP) is 1.47. The van der Waals surface area contributed by atoms with Crippen LogP contribution in [0.4, 0.5) is 0 Å². The second-order valence-electron chi connectivity index (χ2n) is 5.81. The Balaban J connectivity index is 1.86. The minimum Gasteiger partial charge on any atom is -0.378 e. The van der Waals surface area contributed by atoms with Crippen LogP contribution in [0, 0.1) is 0 Å². The molecule has 0 radical (unpaired) electrons. The van der Waals surface area contributed by atoms with Crippen molar-refractivity contribution < 1.29 is 17.9 Å². The minimum atomic E-state index is -3.65. The van der Waals surface area contributed by atoms with Gasteiger partial charge in [-0.2, -0.15) is 0 Å². The monoisotopic (exact) mass is 374 g/mol. The molecule has 0 saturated carbocycles. The first kappa shape index (κ1) is 19.2. The molecule has 1 aliphatic rings. The predicted molar refractivity (Wildman–Crippen MR) is 92.7 cm³/mol. The summed E-state index contributed by atoms with van der Waals surface area (Å²) in [5.74, 6) is -0.891. The summed E-state index contributed by atoms with van der Waals surface area (Å²) in [4.78, 5) is 14.0. The van der Waals surface area contributed by atoms with Crippen LogP contribution in [0.15, 0.2) is 29.2 Å². The molecule has 0 bridgehead atoms. The van der Waals surface area contributed by atoms with E-state index in [1.165, 1.54) is 24.3 Å². The maximum absolute atomic E-state index is 12.3. The van der Waals surface area contributed by atoms with Crippen molar-refractivity contribution in [3.8, 4) is 0 Å². The molecule has 1 aromatic rings. The summed E-state index contributed by atoms with van der Waals surface area (Å²) >= 11 is 5.76. The Kier molecular flexibility index (Phi) is 7.03. The largest absolute Gasteiger partial charge is 0.378 e. The van der Waals surface area contributed by atoms with Crippen LogP contribution in [-0.4, -0.2) is 57.3 Å². The topological polar surface area (TPSA) is 89.7 Å². The number of hydrogen-bond donors (Lipinski definition) is 1. The molecule has 0 aromatic heterocycles. The zero-order valence-corrected chi connectivity index (χ0v) is 15.1. The molecule has 0 spiro atoms. The van der Waals surface area contributed by atoms with Gasteiger partial charge in [-0.25, -0.2) is 8.42 Å². The van der Waals surface area contributed by atoms with Crippen LogP contribution in [0.1, 0.15) is 19.3 Å². The van der Waals surface area contributed by atoms with Crippen LogP contribution < -0.4 is 5.73 Å². The van der Waals surface area contributed by atoms with E-state index in [-0.39, 0.29) is 16.9 Å². The van der Waals surface area contributed by atoms with Crippen molar-refractivity contribution >= 4 is 27.3 Å². The van der Waals surface area contributed by atoms with E-state index in [1.54, 1.807) is 4.90 Å². The number of rotatable bonds is 7. The third kappa shape index (κ3) is 5.44. The van der Waals surface area contributed by atoms with Gasteiger partial charge in [0.05, 0.1) is 11.0 Å². The Labute approximate surface area is 147 Å².